The summed E-state index contributed by atoms with van der Waals surface area (Å²) in [5.74, 6) is 2.11. The van der Waals surface area contributed by atoms with Crippen LogP contribution in [0.5, 0.6) is 5.75 Å². The van der Waals surface area contributed by atoms with Crippen molar-refractivity contribution in [3.05, 3.63) is 24.5 Å². The van der Waals surface area contributed by atoms with Crippen LogP contribution in [0.4, 0.5) is 0 Å². The number of ether oxygens (including phenoxy) is 2. The Morgan fingerprint density at radius 3 is 2.96 bits per heavy atom. The Kier molecular flexibility index (Phi) is 4.44. The van der Waals surface area contributed by atoms with Crippen molar-refractivity contribution in [2.24, 2.45) is 11.8 Å². The summed E-state index contributed by atoms with van der Waals surface area (Å²) < 4.78 is 11.8. The van der Waals surface area contributed by atoms with E-state index in [1.807, 2.05) is 17.0 Å². The van der Waals surface area contributed by atoms with Crippen molar-refractivity contribution in [2.75, 3.05) is 26.3 Å². The van der Waals surface area contributed by atoms with Gasteiger partial charge in [-0.2, -0.15) is 0 Å². The Balaban J connectivity index is 1.22. The molecule has 3 aliphatic rings. The minimum Gasteiger partial charge on any atom is -0.492 e. The van der Waals surface area contributed by atoms with Crippen molar-refractivity contribution >= 4 is 5.91 Å². The number of carbonyl (C=O) groups is 1. The number of rotatable bonds is 5. The molecule has 4 rings (SSSR count). The quantitative estimate of drug-likeness (QED) is 0.833. The molecule has 5 nitrogen and oxygen atoms in total. The first kappa shape index (κ1) is 15.9. The third-order valence-corrected chi connectivity index (χ3v) is 5.75. The molecule has 2 saturated heterocycles. The van der Waals surface area contributed by atoms with E-state index in [0.717, 1.165) is 64.2 Å². The Morgan fingerprint density at radius 1 is 1.38 bits per heavy atom. The van der Waals surface area contributed by atoms with Crippen molar-refractivity contribution in [1.82, 2.24) is 9.88 Å². The normalized spacial score (nSPS) is 25.8. The van der Waals surface area contributed by atoms with Gasteiger partial charge < -0.3 is 14.4 Å². The molecule has 24 heavy (non-hydrogen) atoms. The molecular weight excluding hydrogens is 304 g/mol. The zero-order valence-corrected chi connectivity index (χ0v) is 14.2. The van der Waals surface area contributed by atoms with Gasteiger partial charge in [0.05, 0.1) is 25.9 Å². The van der Waals surface area contributed by atoms with E-state index in [9.17, 15) is 4.79 Å². The van der Waals surface area contributed by atoms with Gasteiger partial charge in [-0.1, -0.05) is 6.42 Å². The fourth-order valence-electron chi connectivity index (χ4n) is 4.09. The van der Waals surface area contributed by atoms with Crippen LogP contribution in [0.3, 0.4) is 0 Å². The van der Waals surface area contributed by atoms with Crippen molar-refractivity contribution < 1.29 is 14.3 Å². The van der Waals surface area contributed by atoms with Crippen LogP contribution >= 0.6 is 0 Å². The van der Waals surface area contributed by atoms with Crippen molar-refractivity contribution in [2.45, 2.75) is 44.1 Å². The molecule has 1 aromatic rings. The number of nitrogens with zero attached hydrogens (tertiary/aromatic N) is 2. The molecule has 0 aromatic carbocycles. The van der Waals surface area contributed by atoms with E-state index >= 15 is 0 Å². The summed E-state index contributed by atoms with van der Waals surface area (Å²) in [5.41, 5.74) is -0.0728. The average molecular weight is 330 g/mol. The Hall–Kier alpha value is -1.62. The second kappa shape index (κ2) is 6.71. The predicted molar refractivity (Wildman–Crippen MR) is 89.7 cm³/mol. The van der Waals surface area contributed by atoms with Crippen LogP contribution in [0.15, 0.2) is 24.5 Å². The van der Waals surface area contributed by atoms with Crippen molar-refractivity contribution in [3.63, 3.8) is 0 Å². The molecule has 3 heterocycles. The summed E-state index contributed by atoms with van der Waals surface area (Å²) >= 11 is 0. The molecule has 5 heteroatoms. The maximum atomic E-state index is 12.3. The second-order valence-electron chi connectivity index (χ2n) is 7.54. The van der Waals surface area contributed by atoms with Gasteiger partial charge in [0.25, 0.3) is 0 Å². The maximum Gasteiger partial charge on any atom is 0.225 e. The number of pyridine rings is 1. The van der Waals surface area contributed by atoms with E-state index in [-0.39, 0.29) is 5.60 Å². The van der Waals surface area contributed by atoms with E-state index in [4.69, 9.17) is 9.47 Å². The van der Waals surface area contributed by atoms with Gasteiger partial charge in [-0.25, -0.2) is 0 Å². The fourth-order valence-corrected chi connectivity index (χ4v) is 4.09. The van der Waals surface area contributed by atoms with Crippen LogP contribution in [-0.2, 0) is 9.53 Å². The highest BCUT2D eigenvalue weighted by Gasteiger charge is 2.50. The zero-order valence-electron chi connectivity index (χ0n) is 14.2. The molecule has 0 radical (unpaired) electrons. The summed E-state index contributed by atoms with van der Waals surface area (Å²) in [4.78, 5) is 18.4. The van der Waals surface area contributed by atoms with E-state index in [0.29, 0.717) is 17.7 Å². The van der Waals surface area contributed by atoms with Crippen LogP contribution in [-0.4, -0.2) is 47.7 Å². The van der Waals surface area contributed by atoms with Crippen LogP contribution in [0, 0.1) is 11.8 Å². The molecule has 0 unspecified atom stereocenters. The van der Waals surface area contributed by atoms with Gasteiger partial charge >= 0.3 is 0 Å². The fraction of sp³-hybridized carbons (Fsp3) is 0.684. The highest BCUT2D eigenvalue weighted by atomic mass is 16.5. The molecule has 0 N–H and O–H groups in total. The molecule has 1 atom stereocenters. The SMILES string of the molecule is O=C(C1CCC1)N1CC2(C[C@H](CCOc3cccnc3)CCO2)C1. The third kappa shape index (κ3) is 3.27. The number of hydrogen-bond acceptors (Lipinski definition) is 4. The van der Waals surface area contributed by atoms with E-state index in [2.05, 4.69) is 4.98 Å². The summed E-state index contributed by atoms with van der Waals surface area (Å²) in [6.07, 6.45) is 10.1. The smallest absolute Gasteiger partial charge is 0.225 e. The summed E-state index contributed by atoms with van der Waals surface area (Å²) in [6, 6.07) is 3.83. The molecular formula is C19H26N2O3. The molecule has 1 amide bonds. The second-order valence-corrected chi connectivity index (χ2v) is 7.54. The van der Waals surface area contributed by atoms with Crippen molar-refractivity contribution in [1.29, 1.82) is 0 Å². The summed E-state index contributed by atoms with van der Waals surface area (Å²) in [7, 11) is 0. The lowest BCUT2D eigenvalue weighted by atomic mass is 9.77. The number of likely N-dealkylation sites (tertiary alicyclic amines) is 1. The van der Waals surface area contributed by atoms with Crippen LogP contribution < -0.4 is 4.74 Å². The van der Waals surface area contributed by atoms with Gasteiger partial charge in [-0.15, -0.1) is 0 Å². The molecule has 0 bridgehead atoms. The standard InChI is InChI=1S/C19H26N2O3/c22-18(16-3-1-4-16)21-13-19(14-21)11-15(7-10-24-19)6-9-23-17-5-2-8-20-12-17/h2,5,8,12,15-16H,1,3-4,6-7,9-11,13-14H2/t15-/m1/s1. The highest BCUT2D eigenvalue weighted by molar-refractivity contribution is 5.80. The largest absolute Gasteiger partial charge is 0.492 e. The molecule has 1 spiro atoms. The lowest BCUT2D eigenvalue weighted by Crippen LogP contribution is -2.67. The van der Waals surface area contributed by atoms with E-state index < -0.39 is 0 Å². The molecule has 1 saturated carbocycles. The number of carbonyl (C=O) groups excluding carboxylic acids is 1. The lowest BCUT2D eigenvalue weighted by Gasteiger charge is -2.54. The first-order chi connectivity index (χ1) is 11.7. The molecule has 1 aliphatic carbocycles. The van der Waals surface area contributed by atoms with E-state index in [1.54, 1.807) is 12.4 Å². The molecule has 1 aromatic heterocycles. The van der Waals surface area contributed by atoms with Crippen LogP contribution in [0.2, 0.25) is 0 Å². The van der Waals surface area contributed by atoms with E-state index in [1.165, 1.54) is 6.42 Å². The van der Waals surface area contributed by atoms with Crippen molar-refractivity contribution in [3.8, 4) is 5.75 Å². The topological polar surface area (TPSA) is 51.7 Å². The Morgan fingerprint density at radius 2 is 2.25 bits per heavy atom. The van der Waals surface area contributed by atoms with Gasteiger partial charge in [0.2, 0.25) is 5.91 Å². The number of amides is 1. The molecule has 3 fully saturated rings. The third-order valence-electron chi connectivity index (χ3n) is 5.75. The summed E-state index contributed by atoms with van der Waals surface area (Å²) in [6.45, 7) is 3.12. The van der Waals surface area contributed by atoms with Gasteiger partial charge in [0.15, 0.2) is 0 Å². The molecule has 130 valence electrons. The zero-order chi connectivity index (χ0) is 16.4. The monoisotopic (exact) mass is 330 g/mol. The van der Waals surface area contributed by atoms with Gasteiger partial charge in [-0.05, 0) is 50.2 Å². The lowest BCUT2D eigenvalue weighted by molar-refractivity contribution is -0.193. The predicted octanol–water partition coefficient (Wildman–Crippen LogP) is 2.66. The first-order valence-corrected chi connectivity index (χ1v) is 9.20. The number of aromatic nitrogens is 1. The maximum absolute atomic E-state index is 12.3. The van der Waals surface area contributed by atoms with Gasteiger partial charge in [0.1, 0.15) is 11.4 Å². The Labute approximate surface area is 143 Å². The van der Waals surface area contributed by atoms with Gasteiger partial charge in [0, 0.05) is 18.7 Å². The number of hydrogen-bond donors (Lipinski definition) is 0. The minimum atomic E-state index is -0.0728. The molecule has 2 aliphatic heterocycles. The van der Waals surface area contributed by atoms with Crippen LogP contribution in [0.25, 0.3) is 0 Å². The first-order valence-electron chi connectivity index (χ1n) is 9.20. The Bertz CT molecular complexity index is 567. The van der Waals surface area contributed by atoms with Gasteiger partial charge in [-0.3, -0.25) is 9.78 Å². The average Bonchev–Trinajstić information content (AvgIpc) is 2.52. The highest BCUT2D eigenvalue weighted by Crippen LogP contribution is 2.40. The van der Waals surface area contributed by atoms with Crippen LogP contribution in [0.1, 0.15) is 38.5 Å². The summed E-state index contributed by atoms with van der Waals surface area (Å²) in [5, 5.41) is 0. The minimum absolute atomic E-state index is 0.0728.